The van der Waals surface area contributed by atoms with Crippen LogP contribution in [-0.2, 0) is 11.3 Å². The Morgan fingerprint density at radius 2 is 2.24 bits per heavy atom. The number of rotatable bonds is 4. The molecule has 3 fully saturated rings. The average Bonchev–Trinajstić information content (AvgIpc) is 3.21. The third-order valence-corrected chi connectivity index (χ3v) is 5.12. The number of nitrogens with one attached hydrogen (secondary N) is 1. The van der Waals surface area contributed by atoms with Crippen molar-refractivity contribution in [3.05, 3.63) is 17.7 Å². The first-order valence-electron chi connectivity index (χ1n) is 8.36. The Morgan fingerprint density at radius 3 is 3.00 bits per heavy atom. The SMILES string of the molecule is Cc1ncc(CN2CC[C@@H]3OCCN(CC4CC4)[C@H]3C2)[nH]1. The number of hydrogen-bond acceptors (Lipinski definition) is 4. The zero-order valence-electron chi connectivity index (χ0n) is 12.9. The summed E-state index contributed by atoms with van der Waals surface area (Å²) < 4.78 is 6.03. The number of imidazole rings is 1. The van der Waals surface area contributed by atoms with Crippen LogP contribution < -0.4 is 0 Å². The lowest BCUT2D eigenvalue weighted by molar-refractivity contribution is -0.105. The lowest BCUT2D eigenvalue weighted by Crippen LogP contribution is -2.60. The van der Waals surface area contributed by atoms with Crippen molar-refractivity contribution in [2.45, 2.75) is 44.9 Å². The number of aromatic amines is 1. The summed E-state index contributed by atoms with van der Waals surface area (Å²) in [5.41, 5.74) is 1.23. The Morgan fingerprint density at radius 1 is 1.33 bits per heavy atom. The van der Waals surface area contributed by atoms with Crippen molar-refractivity contribution in [2.24, 2.45) is 5.92 Å². The van der Waals surface area contributed by atoms with E-state index in [0.29, 0.717) is 12.1 Å². The molecule has 5 nitrogen and oxygen atoms in total. The number of hydrogen-bond donors (Lipinski definition) is 1. The fourth-order valence-corrected chi connectivity index (χ4v) is 3.80. The van der Waals surface area contributed by atoms with Gasteiger partial charge in [-0.25, -0.2) is 4.98 Å². The molecule has 116 valence electrons. The van der Waals surface area contributed by atoms with Crippen molar-refractivity contribution in [1.82, 2.24) is 19.8 Å². The maximum atomic E-state index is 6.03. The smallest absolute Gasteiger partial charge is 0.103 e. The van der Waals surface area contributed by atoms with Crippen LogP contribution in [0, 0.1) is 12.8 Å². The van der Waals surface area contributed by atoms with E-state index in [1.54, 1.807) is 0 Å². The minimum atomic E-state index is 0.456. The highest BCUT2D eigenvalue weighted by Crippen LogP contribution is 2.33. The highest BCUT2D eigenvalue weighted by molar-refractivity contribution is 5.01. The van der Waals surface area contributed by atoms with Gasteiger partial charge in [-0.1, -0.05) is 0 Å². The first-order chi connectivity index (χ1) is 10.3. The molecule has 1 saturated carbocycles. The number of nitrogens with zero attached hydrogens (tertiary/aromatic N) is 3. The van der Waals surface area contributed by atoms with Crippen LogP contribution in [0.1, 0.15) is 30.8 Å². The largest absolute Gasteiger partial charge is 0.375 e. The number of aromatic nitrogens is 2. The third-order valence-electron chi connectivity index (χ3n) is 5.12. The number of H-pyrrole nitrogens is 1. The Bertz CT molecular complexity index is 484. The minimum Gasteiger partial charge on any atom is -0.375 e. The number of morpholine rings is 1. The average molecular weight is 290 g/mol. The summed E-state index contributed by atoms with van der Waals surface area (Å²) in [7, 11) is 0. The zero-order chi connectivity index (χ0) is 14.2. The highest BCUT2D eigenvalue weighted by Gasteiger charge is 2.39. The number of likely N-dealkylation sites (tertiary alicyclic amines) is 1. The van der Waals surface area contributed by atoms with Gasteiger partial charge in [-0.15, -0.1) is 0 Å². The quantitative estimate of drug-likeness (QED) is 0.910. The molecule has 21 heavy (non-hydrogen) atoms. The molecule has 2 aliphatic heterocycles. The van der Waals surface area contributed by atoms with Gasteiger partial charge >= 0.3 is 0 Å². The fourth-order valence-electron chi connectivity index (χ4n) is 3.80. The second-order valence-corrected chi connectivity index (χ2v) is 6.93. The van der Waals surface area contributed by atoms with Crippen molar-refractivity contribution in [1.29, 1.82) is 0 Å². The van der Waals surface area contributed by atoms with Crippen molar-refractivity contribution in [3.63, 3.8) is 0 Å². The molecule has 0 radical (unpaired) electrons. The lowest BCUT2D eigenvalue weighted by Gasteiger charge is -2.47. The van der Waals surface area contributed by atoms with Crippen molar-refractivity contribution in [3.8, 4) is 0 Å². The van der Waals surface area contributed by atoms with Crippen molar-refractivity contribution < 1.29 is 4.74 Å². The summed E-state index contributed by atoms with van der Waals surface area (Å²) in [6.07, 6.45) is 6.47. The van der Waals surface area contributed by atoms with Crippen LogP contribution in [0.15, 0.2) is 6.20 Å². The zero-order valence-corrected chi connectivity index (χ0v) is 12.9. The molecule has 3 heterocycles. The highest BCUT2D eigenvalue weighted by atomic mass is 16.5. The third kappa shape index (κ3) is 3.15. The van der Waals surface area contributed by atoms with Crippen LogP contribution in [-0.4, -0.2) is 64.7 Å². The maximum Gasteiger partial charge on any atom is 0.103 e. The predicted octanol–water partition coefficient (Wildman–Crippen LogP) is 1.40. The van der Waals surface area contributed by atoms with E-state index in [2.05, 4.69) is 19.8 Å². The molecule has 0 bridgehead atoms. The first kappa shape index (κ1) is 13.7. The maximum absolute atomic E-state index is 6.03. The summed E-state index contributed by atoms with van der Waals surface area (Å²) >= 11 is 0. The van der Waals surface area contributed by atoms with Crippen LogP contribution >= 0.6 is 0 Å². The van der Waals surface area contributed by atoms with Crippen LogP contribution in [0.25, 0.3) is 0 Å². The minimum absolute atomic E-state index is 0.456. The normalized spacial score (nSPS) is 31.3. The molecule has 0 aromatic carbocycles. The van der Waals surface area contributed by atoms with Gasteiger partial charge in [0.2, 0.25) is 0 Å². The van der Waals surface area contributed by atoms with Gasteiger partial charge in [0.1, 0.15) is 5.82 Å². The summed E-state index contributed by atoms with van der Waals surface area (Å²) in [5.74, 6) is 1.98. The summed E-state index contributed by atoms with van der Waals surface area (Å²) in [6, 6.07) is 0.595. The van der Waals surface area contributed by atoms with Gasteiger partial charge in [-0.05, 0) is 32.1 Å². The van der Waals surface area contributed by atoms with E-state index in [-0.39, 0.29) is 0 Å². The molecule has 5 heteroatoms. The summed E-state index contributed by atoms with van der Waals surface area (Å²) in [5, 5.41) is 0. The number of aryl methyl sites for hydroxylation is 1. The summed E-state index contributed by atoms with van der Waals surface area (Å²) in [6.45, 7) is 8.61. The molecule has 2 atom stereocenters. The molecule has 4 rings (SSSR count). The molecule has 0 spiro atoms. The van der Waals surface area contributed by atoms with Crippen LogP contribution in [0.5, 0.6) is 0 Å². The molecule has 1 N–H and O–H groups in total. The Labute approximate surface area is 126 Å². The van der Waals surface area contributed by atoms with E-state index in [0.717, 1.165) is 44.5 Å². The van der Waals surface area contributed by atoms with E-state index in [1.165, 1.54) is 31.5 Å². The topological polar surface area (TPSA) is 44.4 Å². The predicted molar refractivity (Wildman–Crippen MR) is 81.0 cm³/mol. The standard InChI is InChI=1S/C16H26N4O/c1-12-17-8-14(18-12)10-19-5-4-16-15(11-19)20(6-7-21-16)9-13-2-3-13/h8,13,15-16H,2-7,9-11H2,1H3,(H,17,18)/t15-,16-/m0/s1. The van der Waals surface area contributed by atoms with Crippen LogP contribution in [0.2, 0.25) is 0 Å². The number of ether oxygens (including phenoxy) is 1. The lowest BCUT2D eigenvalue weighted by atomic mass is 9.98. The number of fused-ring (bicyclic) bond motifs is 1. The molecule has 1 aromatic heterocycles. The number of piperidine rings is 1. The van der Waals surface area contributed by atoms with Gasteiger partial charge in [0, 0.05) is 50.7 Å². The van der Waals surface area contributed by atoms with Gasteiger partial charge in [0.25, 0.3) is 0 Å². The molecule has 0 amide bonds. The second kappa shape index (κ2) is 5.71. The first-order valence-corrected chi connectivity index (χ1v) is 8.36. The van der Waals surface area contributed by atoms with Crippen LogP contribution in [0.4, 0.5) is 0 Å². The van der Waals surface area contributed by atoms with Crippen LogP contribution in [0.3, 0.4) is 0 Å². The summed E-state index contributed by atoms with van der Waals surface area (Å²) in [4.78, 5) is 12.9. The van der Waals surface area contributed by atoms with E-state index >= 15 is 0 Å². The molecule has 1 aliphatic carbocycles. The Balaban J connectivity index is 1.40. The molecular weight excluding hydrogens is 264 g/mol. The molecule has 3 aliphatic rings. The van der Waals surface area contributed by atoms with Gasteiger partial charge in [0.15, 0.2) is 0 Å². The van der Waals surface area contributed by atoms with E-state index in [1.807, 2.05) is 13.1 Å². The van der Waals surface area contributed by atoms with Crippen molar-refractivity contribution >= 4 is 0 Å². The Kier molecular flexibility index (Phi) is 3.73. The van der Waals surface area contributed by atoms with Crippen molar-refractivity contribution in [2.75, 3.05) is 32.8 Å². The second-order valence-electron chi connectivity index (χ2n) is 6.93. The Hall–Kier alpha value is -0.910. The van der Waals surface area contributed by atoms with E-state index in [4.69, 9.17) is 4.74 Å². The fraction of sp³-hybridized carbons (Fsp3) is 0.812. The molecule has 0 unspecified atom stereocenters. The van der Waals surface area contributed by atoms with Gasteiger partial charge < -0.3 is 9.72 Å². The van der Waals surface area contributed by atoms with E-state index in [9.17, 15) is 0 Å². The van der Waals surface area contributed by atoms with Gasteiger partial charge in [0.05, 0.1) is 12.7 Å². The van der Waals surface area contributed by atoms with Gasteiger partial charge in [-0.3, -0.25) is 9.80 Å². The molecular formula is C16H26N4O. The van der Waals surface area contributed by atoms with Gasteiger partial charge in [-0.2, -0.15) is 0 Å². The molecule has 1 aromatic rings. The van der Waals surface area contributed by atoms with E-state index < -0.39 is 0 Å². The monoisotopic (exact) mass is 290 g/mol. The molecule has 2 saturated heterocycles.